The summed E-state index contributed by atoms with van der Waals surface area (Å²) in [6, 6.07) is 23.2. The number of hydrogen-bond acceptors (Lipinski definition) is 2. The summed E-state index contributed by atoms with van der Waals surface area (Å²) in [6.45, 7) is 6.46. The maximum Gasteiger partial charge on any atom is 0.311 e. The molecular weight excluding hydrogens is 348 g/mol. The molecule has 1 unspecified atom stereocenters. The van der Waals surface area contributed by atoms with Crippen LogP contribution in [0.2, 0.25) is 0 Å². The summed E-state index contributed by atoms with van der Waals surface area (Å²) in [7, 11) is 0. The van der Waals surface area contributed by atoms with Crippen molar-refractivity contribution in [1.29, 1.82) is 0 Å². The zero-order valence-electron chi connectivity index (χ0n) is 16.6. The predicted molar refractivity (Wildman–Crippen MR) is 112 cm³/mol. The molecule has 0 amide bonds. The maximum atomic E-state index is 11.7. The van der Waals surface area contributed by atoms with Crippen molar-refractivity contribution in [2.24, 2.45) is 0 Å². The standard InChI is InChI=1S/C25H26O3/c1-17(2)23-14-13-22(15-18(23)3)28-21-11-9-19(10-12-21)16-24(25(26)27)20-7-5-4-6-8-20/h4-15,17,24H,16H2,1-3H3,(H,26,27). The molecule has 0 aromatic heterocycles. The van der Waals surface area contributed by atoms with Gasteiger partial charge in [0, 0.05) is 0 Å². The largest absolute Gasteiger partial charge is 0.481 e. The van der Waals surface area contributed by atoms with Gasteiger partial charge in [0.15, 0.2) is 0 Å². The second-order valence-electron chi connectivity index (χ2n) is 7.42. The van der Waals surface area contributed by atoms with Gasteiger partial charge < -0.3 is 9.84 Å². The molecule has 0 heterocycles. The fraction of sp³-hybridized carbons (Fsp3) is 0.240. The number of rotatable bonds is 7. The van der Waals surface area contributed by atoms with E-state index < -0.39 is 11.9 Å². The maximum absolute atomic E-state index is 11.7. The minimum absolute atomic E-state index is 0.446. The molecule has 3 aromatic carbocycles. The van der Waals surface area contributed by atoms with E-state index in [0.717, 1.165) is 22.6 Å². The van der Waals surface area contributed by atoms with Gasteiger partial charge in [-0.3, -0.25) is 4.79 Å². The molecule has 0 fully saturated rings. The molecule has 0 bridgehead atoms. The molecule has 0 aliphatic carbocycles. The Labute approximate surface area is 166 Å². The van der Waals surface area contributed by atoms with Crippen molar-refractivity contribution in [3.8, 4) is 11.5 Å². The third-order valence-corrected chi connectivity index (χ3v) is 4.96. The van der Waals surface area contributed by atoms with E-state index in [0.29, 0.717) is 12.3 Å². The highest BCUT2D eigenvalue weighted by Crippen LogP contribution is 2.28. The molecule has 3 aromatic rings. The molecule has 28 heavy (non-hydrogen) atoms. The Morgan fingerprint density at radius 2 is 1.57 bits per heavy atom. The summed E-state index contributed by atoms with van der Waals surface area (Å²) < 4.78 is 5.97. The van der Waals surface area contributed by atoms with Crippen LogP contribution in [0.3, 0.4) is 0 Å². The first-order chi connectivity index (χ1) is 13.4. The molecule has 0 saturated carbocycles. The number of carboxylic acid groups (broad SMARTS) is 1. The van der Waals surface area contributed by atoms with Gasteiger partial charge in [-0.05, 0) is 65.8 Å². The number of carbonyl (C=O) groups is 1. The SMILES string of the molecule is Cc1cc(Oc2ccc(CC(C(=O)O)c3ccccc3)cc2)ccc1C(C)C. The van der Waals surface area contributed by atoms with Crippen LogP contribution in [0.15, 0.2) is 72.8 Å². The van der Waals surface area contributed by atoms with Crippen molar-refractivity contribution in [3.63, 3.8) is 0 Å². The second kappa shape index (κ2) is 8.75. The topological polar surface area (TPSA) is 46.5 Å². The molecule has 3 heteroatoms. The normalized spacial score (nSPS) is 12.0. The lowest BCUT2D eigenvalue weighted by molar-refractivity contribution is -0.138. The van der Waals surface area contributed by atoms with Gasteiger partial charge in [0.1, 0.15) is 11.5 Å². The van der Waals surface area contributed by atoms with Crippen molar-refractivity contribution >= 4 is 5.97 Å². The average Bonchev–Trinajstić information content (AvgIpc) is 2.67. The molecule has 3 rings (SSSR count). The second-order valence-corrected chi connectivity index (χ2v) is 7.42. The predicted octanol–water partition coefficient (Wildman–Crippen LogP) is 6.32. The van der Waals surface area contributed by atoms with Crippen LogP contribution in [0.5, 0.6) is 11.5 Å². The average molecular weight is 374 g/mol. The minimum atomic E-state index is -0.813. The van der Waals surface area contributed by atoms with Gasteiger partial charge in [0.2, 0.25) is 0 Å². The van der Waals surface area contributed by atoms with Crippen LogP contribution in [0.25, 0.3) is 0 Å². The van der Waals surface area contributed by atoms with Gasteiger partial charge >= 0.3 is 5.97 Å². The lowest BCUT2D eigenvalue weighted by atomic mass is 9.92. The molecule has 0 aliphatic heterocycles. The van der Waals surface area contributed by atoms with Crippen LogP contribution in [0.4, 0.5) is 0 Å². The summed E-state index contributed by atoms with van der Waals surface area (Å²) >= 11 is 0. The Kier molecular flexibility index (Phi) is 6.15. The van der Waals surface area contributed by atoms with Crippen molar-refractivity contribution in [3.05, 3.63) is 95.1 Å². The Bertz CT molecular complexity index is 928. The van der Waals surface area contributed by atoms with E-state index in [1.807, 2.05) is 60.7 Å². The zero-order chi connectivity index (χ0) is 20.1. The van der Waals surface area contributed by atoms with Gasteiger partial charge in [0.05, 0.1) is 5.92 Å². The fourth-order valence-electron chi connectivity index (χ4n) is 3.46. The Hall–Kier alpha value is -3.07. The van der Waals surface area contributed by atoms with Crippen molar-refractivity contribution < 1.29 is 14.6 Å². The molecule has 0 saturated heterocycles. The van der Waals surface area contributed by atoms with Gasteiger partial charge in [0.25, 0.3) is 0 Å². The van der Waals surface area contributed by atoms with Crippen LogP contribution >= 0.6 is 0 Å². The van der Waals surface area contributed by atoms with Gasteiger partial charge in [-0.2, -0.15) is 0 Å². The summed E-state index contributed by atoms with van der Waals surface area (Å²) in [6.07, 6.45) is 0.446. The van der Waals surface area contributed by atoms with E-state index in [4.69, 9.17) is 4.74 Å². The molecule has 0 spiro atoms. The van der Waals surface area contributed by atoms with Crippen molar-refractivity contribution in [2.75, 3.05) is 0 Å². The quantitative estimate of drug-likeness (QED) is 0.526. The molecule has 1 atom stereocenters. The summed E-state index contributed by atoms with van der Waals surface area (Å²) in [5.41, 5.74) is 4.32. The Morgan fingerprint density at radius 1 is 0.929 bits per heavy atom. The number of carboxylic acids is 1. The molecule has 0 aliphatic rings. The van der Waals surface area contributed by atoms with Gasteiger partial charge in [-0.1, -0.05) is 62.4 Å². The van der Waals surface area contributed by atoms with Gasteiger partial charge in [-0.25, -0.2) is 0 Å². The zero-order valence-corrected chi connectivity index (χ0v) is 16.6. The van der Waals surface area contributed by atoms with E-state index in [1.54, 1.807) is 0 Å². The summed E-state index contributed by atoms with van der Waals surface area (Å²) in [5, 5.41) is 9.60. The first-order valence-electron chi connectivity index (χ1n) is 9.59. The third kappa shape index (κ3) is 4.80. The summed E-state index contributed by atoms with van der Waals surface area (Å²) in [4.78, 5) is 11.7. The number of aryl methyl sites for hydroxylation is 1. The lowest BCUT2D eigenvalue weighted by Crippen LogP contribution is -2.14. The first kappa shape index (κ1) is 19.7. The van der Waals surface area contributed by atoms with Crippen molar-refractivity contribution in [1.82, 2.24) is 0 Å². The monoisotopic (exact) mass is 374 g/mol. The molecule has 3 nitrogen and oxygen atoms in total. The van der Waals surface area contributed by atoms with Crippen LogP contribution in [0, 0.1) is 6.92 Å². The Morgan fingerprint density at radius 3 is 2.14 bits per heavy atom. The number of ether oxygens (including phenoxy) is 1. The van der Waals surface area contributed by atoms with E-state index in [9.17, 15) is 9.90 Å². The van der Waals surface area contributed by atoms with Crippen LogP contribution < -0.4 is 4.74 Å². The Balaban J connectivity index is 1.71. The highest BCUT2D eigenvalue weighted by molar-refractivity contribution is 5.76. The van der Waals surface area contributed by atoms with Crippen molar-refractivity contribution in [2.45, 2.75) is 39.0 Å². The molecular formula is C25H26O3. The lowest BCUT2D eigenvalue weighted by Gasteiger charge is -2.14. The van der Waals surface area contributed by atoms with Crippen LogP contribution in [-0.2, 0) is 11.2 Å². The number of aliphatic carboxylic acids is 1. The molecule has 0 radical (unpaired) electrons. The smallest absolute Gasteiger partial charge is 0.311 e. The third-order valence-electron chi connectivity index (χ3n) is 4.96. The van der Waals surface area contributed by atoms with E-state index in [1.165, 1.54) is 11.1 Å². The first-order valence-corrected chi connectivity index (χ1v) is 9.59. The minimum Gasteiger partial charge on any atom is -0.481 e. The molecule has 1 N–H and O–H groups in total. The van der Waals surface area contributed by atoms with E-state index in [-0.39, 0.29) is 0 Å². The highest BCUT2D eigenvalue weighted by Gasteiger charge is 2.20. The van der Waals surface area contributed by atoms with Crippen LogP contribution in [-0.4, -0.2) is 11.1 Å². The highest BCUT2D eigenvalue weighted by atomic mass is 16.5. The van der Waals surface area contributed by atoms with Gasteiger partial charge in [-0.15, -0.1) is 0 Å². The number of benzene rings is 3. The molecule has 144 valence electrons. The fourth-order valence-corrected chi connectivity index (χ4v) is 3.46. The van der Waals surface area contributed by atoms with E-state index in [2.05, 4.69) is 32.9 Å². The summed E-state index contributed by atoms with van der Waals surface area (Å²) in [5.74, 6) is 0.668. The number of hydrogen-bond donors (Lipinski definition) is 1. The van der Waals surface area contributed by atoms with E-state index >= 15 is 0 Å². The van der Waals surface area contributed by atoms with Crippen LogP contribution in [0.1, 0.15) is 47.9 Å².